The minimum absolute atomic E-state index is 0.219. The molecule has 1 saturated heterocycles. The van der Waals surface area contributed by atoms with Crippen LogP contribution in [0.4, 0.5) is 5.69 Å². The number of ether oxygens (including phenoxy) is 1. The Balaban J connectivity index is 1.42. The second-order valence-corrected chi connectivity index (χ2v) is 5.39. The van der Waals surface area contributed by atoms with Gasteiger partial charge < -0.3 is 14.7 Å². The van der Waals surface area contributed by atoms with E-state index in [-0.39, 0.29) is 5.75 Å². The zero-order valence-corrected chi connectivity index (χ0v) is 12.6. The van der Waals surface area contributed by atoms with E-state index in [9.17, 15) is 5.11 Å². The van der Waals surface area contributed by atoms with Crippen molar-refractivity contribution in [1.82, 2.24) is 9.88 Å². The molecule has 1 fully saturated rings. The third-order valence-corrected chi connectivity index (χ3v) is 3.87. The first-order valence-corrected chi connectivity index (χ1v) is 7.60. The van der Waals surface area contributed by atoms with Crippen LogP contribution < -0.4 is 9.64 Å². The summed E-state index contributed by atoms with van der Waals surface area (Å²) in [4.78, 5) is 8.69. The number of nitrogens with zero attached hydrogens (tertiary/aromatic N) is 3. The van der Waals surface area contributed by atoms with Gasteiger partial charge in [0.15, 0.2) is 0 Å². The van der Waals surface area contributed by atoms with Crippen molar-refractivity contribution in [3.05, 3.63) is 48.8 Å². The molecule has 116 valence electrons. The first-order chi connectivity index (χ1) is 10.8. The molecule has 0 bridgehead atoms. The SMILES string of the molecule is Oc1cncc(N2CCN(CCOc3ccccc3)CC2)c1. The summed E-state index contributed by atoms with van der Waals surface area (Å²) in [6.07, 6.45) is 3.26. The number of para-hydroxylation sites is 1. The maximum absolute atomic E-state index is 9.50. The summed E-state index contributed by atoms with van der Waals surface area (Å²) in [6.45, 7) is 5.51. The second kappa shape index (κ2) is 7.13. The monoisotopic (exact) mass is 299 g/mol. The van der Waals surface area contributed by atoms with Gasteiger partial charge in [-0.15, -0.1) is 0 Å². The normalized spacial score (nSPS) is 15.7. The first-order valence-electron chi connectivity index (χ1n) is 7.60. The third kappa shape index (κ3) is 3.89. The zero-order valence-electron chi connectivity index (χ0n) is 12.6. The number of rotatable bonds is 5. The Morgan fingerprint density at radius 2 is 1.82 bits per heavy atom. The third-order valence-electron chi connectivity index (χ3n) is 3.87. The van der Waals surface area contributed by atoms with Crippen molar-refractivity contribution in [1.29, 1.82) is 0 Å². The van der Waals surface area contributed by atoms with Crippen LogP contribution in [0, 0.1) is 0 Å². The number of aromatic nitrogens is 1. The predicted octanol–water partition coefficient (Wildman–Crippen LogP) is 1.99. The van der Waals surface area contributed by atoms with E-state index >= 15 is 0 Å². The number of pyridine rings is 1. The van der Waals surface area contributed by atoms with Crippen LogP contribution in [0.25, 0.3) is 0 Å². The zero-order chi connectivity index (χ0) is 15.2. The van der Waals surface area contributed by atoms with Crippen molar-refractivity contribution in [2.45, 2.75) is 0 Å². The molecule has 1 aromatic carbocycles. The van der Waals surface area contributed by atoms with Crippen molar-refractivity contribution in [3.8, 4) is 11.5 Å². The summed E-state index contributed by atoms with van der Waals surface area (Å²) in [5.41, 5.74) is 0.986. The number of hydrogen-bond acceptors (Lipinski definition) is 5. The highest BCUT2D eigenvalue weighted by Gasteiger charge is 2.17. The molecule has 0 unspecified atom stereocenters. The number of aromatic hydroxyl groups is 1. The molecular formula is C17H21N3O2. The largest absolute Gasteiger partial charge is 0.506 e. The molecule has 1 aromatic heterocycles. The van der Waals surface area contributed by atoms with Crippen LogP contribution >= 0.6 is 0 Å². The minimum atomic E-state index is 0.219. The van der Waals surface area contributed by atoms with Gasteiger partial charge in [0.2, 0.25) is 0 Å². The van der Waals surface area contributed by atoms with Gasteiger partial charge in [-0.25, -0.2) is 0 Å². The molecule has 1 N–H and O–H groups in total. The fourth-order valence-corrected chi connectivity index (χ4v) is 2.63. The lowest BCUT2D eigenvalue weighted by molar-refractivity contribution is 0.200. The van der Waals surface area contributed by atoms with Gasteiger partial charge in [0.05, 0.1) is 18.1 Å². The summed E-state index contributed by atoms with van der Waals surface area (Å²) < 4.78 is 5.74. The van der Waals surface area contributed by atoms with Gasteiger partial charge in [-0.3, -0.25) is 9.88 Å². The van der Waals surface area contributed by atoms with Gasteiger partial charge in [0.25, 0.3) is 0 Å². The van der Waals surface area contributed by atoms with E-state index < -0.39 is 0 Å². The Bertz CT molecular complexity index is 583. The second-order valence-electron chi connectivity index (χ2n) is 5.39. The molecule has 1 aliphatic rings. The molecular weight excluding hydrogens is 278 g/mol. The fourth-order valence-electron chi connectivity index (χ4n) is 2.63. The quantitative estimate of drug-likeness (QED) is 0.915. The topological polar surface area (TPSA) is 48.8 Å². The van der Waals surface area contributed by atoms with E-state index in [1.54, 1.807) is 12.3 Å². The fraction of sp³-hybridized carbons (Fsp3) is 0.353. The summed E-state index contributed by atoms with van der Waals surface area (Å²) in [6, 6.07) is 11.7. The van der Waals surface area contributed by atoms with Crippen LogP contribution in [0.5, 0.6) is 11.5 Å². The van der Waals surface area contributed by atoms with E-state index in [4.69, 9.17) is 4.74 Å². The van der Waals surface area contributed by atoms with Crippen LogP contribution in [0.1, 0.15) is 0 Å². The average Bonchev–Trinajstić information content (AvgIpc) is 2.56. The molecule has 1 aliphatic heterocycles. The molecule has 2 aromatic rings. The molecule has 0 aliphatic carbocycles. The van der Waals surface area contributed by atoms with Gasteiger partial charge in [-0.05, 0) is 12.1 Å². The summed E-state index contributed by atoms with van der Waals surface area (Å²) in [5, 5.41) is 9.50. The van der Waals surface area contributed by atoms with Crippen LogP contribution in [0.15, 0.2) is 48.8 Å². The van der Waals surface area contributed by atoms with E-state index in [0.717, 1.165) is 44.2 Å². The Labute approximate surface area is 130 Å². The maximum atomic E-state index is 9.50. The minimum Gasteiger partial charge on any atom is -0.506 e. The van der Waals surface area contributed by atoms with Crippen LogP contribution in [0.3, 0.4) is 0 Å². The summed E-state index contributed by atoms with van der Waals surface area (Å²) in [5.74, 6) is 1.14. The molecule has 3 rings (SSSR count). The lowest BCUT2D eigenvalue weighted by Gasteiger charge is -2.35. The van der Waals surface area contributed by atoms with Crippen LogP contribution in [-0.2, 0) is 0 Å². The van der Waals surface area contributed by atoms with E-state index in [1.807, 2.05) is 30.3 Å². The van der Waals surface area contributed by atoms with Crippen molar-refractivity contribution < 1.29 is 9.84 Å². The predicted molar refractivity (Wildman–Crippen MR) is 86.5 cm³/mol. The molecule has 0 saturated carbocycles. The number of anilines is 1. The molecule has 5 heteroatoms. The van der Waals surface area contributed by atoms with Gasteiger partial charge in [-0.1, -0.05) is 18.2 Å². The van der Waals surface area contributed by atoms with Crippen LogP contribution in [-0.4, -0.2) is 54.3 Å². The highest BCUT2D eigenvalue weighted by molar-refractivity contribution is 5.48. The van der Waals surface area contributed by atoms with Crippen LogP contribution in [0.2, 0.25) is 0 Å². The van der Waals surface area contributed by atoms with E-state index in [2.05, 4.69) is 14.8 Å². The summed E-state index contributed by atoms with van der Waals surface area (Å²) >= 11 is 0. The number of hydrogen-bond donors (Lipinski definition) is 1. The molecule has 22 heavy (non-hydrogen) atoms. The van der Waals surface area contributed by atoms with Gasteiger partial charge in [-0.2, -0.15) is 0 Å². The van der Waals surface area contributed by atoms with E-state index in [1.165, 1.54) is 6.20 Å². The van der Waals surface area contributed by atoms with Gasteiger partial charge in [0.1, 0.15) is 18.1 Å². The smallest absolute Gasteiger partial charge is 0.135 e. The van der Waals surface area contributed by atoms with Crippen molar-refractivity contribution in [2.75, 3.05) is 44.2 Å². The Kier molecular flexibility index (Phi) is 4.75. The molecule has 0 radical (unpaired) electrons. The average molecular weight is 299 g/mol. The first kappa shape index (κ1) is 14.7. The van der Waals surface area contributed by atoms with Gasteiger partial charge >= 0.3 is 0 Å². The number of benzene rings is 1. The number of piperazine rings is 1. The lowest BCUT2D eigenvalue weighted by Crippen LogP contribution is -2.47. The molecule has 0 amide bonds. The maximum Gasteiger partial charge on any atom is 0.135 e. The Hall–Kier alpha value is -2.27. The summed E-state index contributed by atoms with van der Waals surface area (Å²) in [7, 11) is 0. The highest BCUT2D eigenvalue weighted by atomic mass is 16.5. The van der Waals surface area contributed by atoms with E-state index in [0.29, 0.717) is 6.61 Å². The molecule has 5 nitrogen and oxygen atoms in total. The Morgan fingerprint density at radius 1 is 1.05 bits per heavy atom. The van der Waals surface area contributed by atoms with Crippen molar-refractivity contribution >= 4 is 5.69 Å². The Morgan fingerprint density at radius 3 is 2.55 bits per heavy atom. The highest BCUT2D eigenvalue weighted by Crippen LogP contribution is 2.19. The van der Waals surface area contributed by atoms with Crippen molar-refractivity contribution in [3.63, 3.8) is 0 Å². The lowest BCUT2D eigenvalue weighted by atomic mass is 10.2. The molecule has 0 atom stereocenters. The van der Waals surface area contributed by atoms with Gasteiger partial charge in [0, 0.05) is 38.8 Å². The standard InChI is InChI=1S/C17H21N3O2/c21-16-12-15(13-18-14-16)20-8-6-19(7-9-20)10-11-22-17-4-2-1-3-5-17/h1-5,12-14,21H,6-11H2. The molecule has 2 heterocycles. The van der Waals surface area contributed by atoms with Crippen molar-refractivity contribution in [2.24, 2.45) is 0 Å². The molecule has 0 spiro atoms.